The number of anilines is 1. The number of alkyl halides is 3. The van der Waals surface area contributed by atoms with Crippen LogP contribution >= 0.6 is 0 Å². The molecule has 0 N–H and O–H groups in total. The molecule has 0 amide bonds. The lowest BCUT2D eigenvalue weighted by Gasteiger charge is -2.24. The van der Waals surface area contributed by atoms with Gasteiger partial charge < -0.3 is 4.74 Å². The van der Waals surface area contributed by atoms with Crippen molar-refractivity contribution >= 4 is 11.4 Å². The standard InChI is InChI=1S/C28H25F4N3O/c1-17-14-21(24-16-23(36-3)10-11-25(24)29)7-6-20(17)15-19-4-8-22(9-5-19)35-26(12-13-33)18(2)27(34-35)28(30,31)32/h4-11,14,16,18,26H,12,15H2,1-3H3/t18-,26-/m0/s1. The zero-order valence-corrected chi connectivity index (χ0v) is 20.1. The molecule has 186 valence electrons. The summed E-state index contributed by atoms with van der Waals surface area (Å²) in [6.07, 6.45) is -4.01. The smallest absolute Gasteiger partial charge is 0.431 e. The third kappa shape index (κ3) is 5.06. The van der Waals surface area contributed by atoms with Gasteiger partial charge in [0, 0.05) is 11.5 Å². The van der Waals surface area contributed by atoms with Crippen LogP contribution in [0.25, 0.3) is 11.1 Å². The Morgan fingerprint density at radius 2 is 1.78 bits per heavy atom. The van der Waals surface area contributed by atoms with E-state index in [1.54, 1.807) is 24.3 Å². The number of aryl methyl sites for hydroxylation is 1. The fourth-order valence-corrected chi connectivity index (χ4v) is 4.50. The average Bonchev–Trinajstić information content (AvgIpc) is 3.18. The van der Waals surface area contributed by atoms with Gasteiger partial charge in [-0.15, -0.1) is 0 Å². The maximum atomic E-state index is 14.4. The number of nitrogens with zero attached hydrogens (tertiary/aromatic N) is 3. The summed E-state index contributed by atoms with van der Waals surface area (Å²) in [6.45, 7) is 3.41. The number of hydrogen-bond donors (Lipinski definition) is 0. The van der Waals surface area contributed by atoms with E-state index in [0.29, 0.717) is 23.4 Å². The highest BCUT2D eigenvalue weighted by atomic mass is 19.4. The lowest BCUT2D eigenvalue weighted by molar-refractivity contribution is -0.0620. The predicted octanol–water partition coefficient (Wildman–Crippen LogP) is 7.06. The minimum atomic E-state index is -4.54. The normalized spacial score (nSPS) is 17.6. The largest absolute Gasteiger partial charge is 0.497 e. The first kappa shape index (κ1) is 25.2. The summed E-state index contributed by atoms with van der Waals surface area (Å²) in [5, 5.41) is 14.3. The van der Waals surface area contributed by atoms with Gasteiger partial charge in [-0.3, -0.25) is 5.01 Å². The Hall–Kier alpha value is -3.86. The van der Waals surface area contributed by atoms with E-state index in [0.717, 1.165) is 22.3 Å². The third-order valence-electron chi connectivity index (χ3n) is 6.55. The van der Waals surface area contributed by atoms with Crippen LogP contribution in [0.15, 0.2) is 65.8 Å². The first-order valence-electron chi connectivity index (χ1n) is 11.5. The fourth-order valence-electron chi connectivity index (χ4n) is 4.50. The Balaban J connectivity index is 1.55. The quantitative estimate of drug-likeness (QED) is 0.344. The van der Waals surface area contributed by atoms with E-state index in [1.807, 2.05) is 43.3 Å². The van der Waals surface area contributed by atoms with E-state index >= 15 is 0 Å². The van der Waals surface area contributed by atoms with Gasteiger partial charge in [-0.25, -0.2) is 4.39 Å². The zero-order valence-electron chi connectivity index (χ0n) is 20.1. The molecule has 2 atom stereocenters. The number of hydrogen-bond acceptors (Lipinski definition) is 4. The van der Waals surface area contributed by atoms with Crippen molar-refractivity contribution in [2.24, 2.45) is 11.0 Å². The summed E-state index contributed by atoms with van der Waals surface area (Å²) in [5.74, 6) is -0.662. The number of methoxy groups -OCH3 is 1. The maximum absolute atomic E-state index is 14.4. The molecule has 1 aliphatic heterocycles. The van der Waals surface area contributed by atoms with Crippen LogP contribution < -0.4 is 9.75 Å². The van der Waals surface area contributed by atoms with Gasteiger partial charge in [-0.2, -0.15) is 23.5 Å². The molecule has 3 aromatic carbocycles. The van der Waals surface area contributed by atoms with Gasteiger partial charge in [-0.05, 0) is 65.9 Å². The minimum Gasteiger partial charge on any atom is -0.497 e. The van der Waals surface area contributed by atoms with Crippen molar-refractivity contribution in [1.29, 1.82) is 5.26 Å². The second-order valence-corrected chi connectivity index (χ2v) is 8.88. The fraction of sp³-hybridized carbons (Fsp3) is 0.286. The molecule has 0 spiro atoms. The van der Waals surface area contributed by atoms with Crippen molar-refractivity contribution in [3.05, 3.63) is 83.2 Å². The first-order chi connectivity index (χ1) is 17.1. The monoisotopic (exact) mass is 495 g/mol. The molecule has 0 aliphatic carbocycles. The minimum absolute atomic E-state index is 0.0641. The SMILES string of the molecule is COc1ccc(F)c(-c2ccc(Cc3ccc(N4N=C(C(F)(F)F)[C@@H](C)[C@@H]4CC#N)cc3)c(C)c2)c1. The Bertz CT molecular complexity index is 1330. The predicted molar refractivity (Wildman–Crippen MR) is 132 cm³/mol. The number of benzene rings is 3. The van der Waals surface area contributed by atoms with Gasteiger partial charge in [-0.1, -0.05) is 37.3 Å². The highest BCUT2D eigenvalue weighted by Crippen LogP contribution is 2.36. The Labute approximate surface area is 207 Å². The maximum Gasteiger partial charge on any atom is 0.431 e. The molecule has 0 bridgehead atoms. The van der Waals surface area contributed by atoms with Crippen LogP contribution in [0.1, 0.15) is 30.0 Å². The van der Waals surface area contributed by atoms with Gasteiger partial charge in [0.2, 0.25) is 0 Å². The Morgan fingerprint density at radius 3 is 2.39 bits per heavy atom. The summed E-state index contributed by atoms with van der Waals surface area (Å²) >= 11 is 0. The zero-order chi connectivity index (χ0) is 26.0. The van der Waals surface area contributed by atoms with Gasteiger partial charge in [0.05, 0.1) is 31.3 Å². The number of nitriles is 1. The number of rotatable bonds is 6. The van der Waals surface area contributed by atoms with Crippen LogP contribution in [0.4, 0.5) is 23.2 Å². The van der Waals surface area contributed by atoms with E-state index in [-0.39, 0.29) is 12.2 Å². The van der Waals surface area contributed by atoms with Crippen molar-refractivity contribution in [2.45, 2.75) is 38.9 Å². The van der Waals surface area contributed by atoms with E-state index in [4.69, 9.17) is 10.00 Å². The molecule has 0 fully saturated rings. The second-order valence-electron chi connectivity index (χ2n) is 8.88. The van der Waals surface area contributed by atoms with E-state index < -0.39 is 23.8 Å². The van der Waals surface area contributed by atoms with E-state index in [1.165, 1.54) is 25.1 Å². The summed E-state index contributed by atoms with van der Waals surface area (Å²) in [7, 11) is 1.53. The molecule has 3 aromatic rings. The summed E-state index contributed by atoms with van der Waals surface area (Å²) in [5.41, 5.74) is 3.84. The summed E-state index contributed by atoms with van der Waals surface area (Å²) in [4.78, 5) is 0. The van der Waals surface area contributed by atoms with Crippen LogP contribution in [0.5, 0.6) is 5.75 Å². The Morgan fingerprint density at radius 1 is 1.06 bits per heavy atom. The number of halogens is 4. The van der Waals surface area contributed by atoms with Crippen molar-refractivity contribution < 1.29 is 22.3 Å². The molecule has 36 heavy (non-hydrogen) atoms. The average molecular weight is 496 g/mol. The van der Waals surface area contributed by atoms with Gasteiger partial charge in [0.1, 0.15) is 17.3 Å². The summed E-state index contributed by atoms with van der Waals surface area (Å²) in [6, 6.07) is 18.8. The van der Waals surface area contributed by atoms with Crippen LogP contribution in [-0.2, 0) is 6.42 Å². The van der Waals surface area contributed by atoms with Crippen molar-refractivity contribution in [2.75, 3.05) is 12.1 Å². The number of ether oxygens (including phenoxy) is 1. The second kappa shape index (κ2) is 10.0. The number of hydrazone groups is 1. The van der Waals surface area contributed by atoms with E-state index in [9.17, 15) is 17.6 Å². The molecule has 0 aromatic heterocycles. The van der Waals surface area contributed by atoms with Crippen LogP contribution in [0, 0.1) is 30.0 Å². The molecule has 1 aliphatic rings. The molecule has 0 saturated heterocycles. The first-order valence-corrected chi connectivity index (χ1v) is 11.5. The van der Waals surface area contributed by atoms with Crippen LogP contribution in [0.2, 0.25) is 0 Å². The Kier molecular flexibility index (Phi) is 7.02. The molecule has 1 heterocycles. The highest BCUT2D eigenvalue weighted by Gasteiger charge is 2.48. The molecule has 4 nitrogen and oxygen atoms in total. The lowest BCUT2D eigenvalue weighted by atomic mass is 9.94. The molecular formula is C28H25F4N3O. The molecule has 0 radical (unpaired) electrons. The molecular weight excluding hydrogens is 470 g/mol. The molecule has 0 saturated carbocycles. The van der Waals surface area contributed by atoms with Gasteiger partial charge >= 0.3 is 6.18 Å². The lowest BCUT2D eigenvalue weighted by Crippen LogP contribution is -2.35. The molecule has 8 heteroatoms. The molecule has 0 unspecified atom stereocenters. The van der Waals surface area contributed by atoms with Crippen molar-refractivity contribution in [1.82, 2.24) is 0 Å². The van der Waals surface area contributed by atoms with Gasteiger partial charge in [0.15, 0.2) is 0 Å². The topological polar surface area (TPSA) is 48.6 Å². The van der Waals surface area contributed by atoms with Crippen LogP contribution in [-0.4, -0.2) is 25.0 Å². The highest BCUT2D eigenvalue weighted by molar-refractivity contribution is 5.95. The van der Waals surface area contributed by atoms with Crippen molar-refractivity contribution in [3.8, 4) is 22.9 Å². The van der Waals surface area contributed by atoms with Gasteiger partial charge in [0.25, 0.3) is 0 Å². The van der Waals surface area contributed by atoms with Crippen LogP contribution in [0.3, 0.4) is 0 Å². The molecule has 4 rings (SSSR count). The van der Waals surface area contributed by atoms with Crippen molar-refractivity contribution in [3.63, 3.8) is 0 Å². The third-order valence-corrected chi connectivity index (χ3v) is 6.55. The summed E-state index contributed by atoms with van der Waals surface area (Å²) < 4.78 is 59.7. The van der Waals surface area contributed by atoms with E-state index in [2.05, 4.69) is 5.10 Å².